The molecular weight excluding hydrogens is 286 g/mol. The summed E-state index contributed by atoms with van der Waals surface area (Å²) in [6.45, 7) is 3.73. The first kappa shape index (κ1) is 19.7. The first-order chi connectivity index (χ1) is 9.65. The number of nitrogens with zero attached hydrogens (tertiary/aromatic N) is 1. The van der Waals surface area contributed by atoms with Crippen molar-refractivity contribution in [2.75, 3.05) is 25.0 Å². The molecule has 0 aromatic heterocycles. The third-order valence-electron chi connectivity index (χ3n) is 3.35. The highest BCUT2D eigenvalue weighted by atomic mass is 35.5. The summed E-state index contributed by atoms with van der Waals surface area (Å²) in [5.74, 6) is -0.0248. The molecule has 0 aliphatic rings. The minimum Gasteiger partial charge on any atom is -0.375 e. The van der Waals surface area contributed by atoms with Gasteiger partial charge >= 0.3 is 0 Å². The summed E-state index contributed by atoms with van der Waals surface area (Å²) in [6, 6.07) is 9.96. The summed E-state index contributed by atoms with van der Waals surface area (Å²) in [4.78, 5) is 13.8. The van der Waals surface area contributed by atoms with Crippen LogP contribution in [0, 0.1) is 0 Å². The van der Waals surface area contributed by atoms with Crippen LogP contribution in [0.1, 0.15) is 32.6 Å². The molecule has 0 saturated carbocycles. The minimum atomic E-state index is -0.355. The molecule has 120 valence electrons. The van der Waals surface area contributed by atoms with E-state index in [1.807, 2.05) is 25.1 Å². The number of nitrogens with two attached hydrogens (primary N) is 1. The molecule has 3 N–H and O–H groups in total. The van der Waals surface area contributed by atoms with E-state index >= 15 is 0 Å². The lowest BCUT2D eigenvalue weighted by Crippen LogP contribution is -2.40. The fourth-order valence-electron chi connectivity index (χ4n) is 2.07. The maximum absolute atomic E-state index is 11.6. The number of carbonyl (C=O) groups excluding carboxylic acids is 1. The van der Waals surface area contributed by atoms with Crippen LogP contribution in [-0.2, 0) is 4.79 Å². The van der Waals surface area contributed by atoms with Gasteiger partial charge in [-0.25, -0.2) is 0 Å². The fourth-order valence-corrected chi connectivity index (χ4v) is 2.07. The number of halogens is 1. The monoisotopic (exact) mass is 313 g/mol. The largest absolute Gasteiger partial charge is 0.375 e. The Kier molecular flexibility index (Phi) is 10.7. The van der Waals surface area contributed by atoms with Crippen LogP contribution >= 0.6 is 12.4 Å². The number of para-hydroxylation sites is 1. The standard InChI is InChI=1S/C16H27N3O.ClH/c1-3-9-15(17)16(20)18-12-7-8-13-19(2)14-10-5-4-6-11-14;/h4-6,10-11,15H,3,7-9,12-13,17H2,1-2H3,(H,18,20);1H. The molecule has 0 radical (unpaired) electrons. The lowest BCUT2D eigenvalue weighted by Gasteiger charge is -2.19. The van der Waals surface area contributed by atoms with Crippen LogP contribution in [0.3, 0.4) is 0 Å². The van der Waals surface area contributed by atoms with E-state index in [2.05, 4.69) is 29.4 Å². The zero-order valence-electron chi connectivity index (χ0n) is 13.0. The van der Waals surface area contributed by atoms with Crippen molar-refractivity contribution in [2.45, 2.75) is 38.6 Å². The average Bonchev–Trinajstić information content (AvgIpc) is 2.47. The molecule has 1 rings (SSSR count). The van der Waals surface area contributed by atoms with Crippen LogP contribution < -0.4 is 16.0 Å². The van der Waals surface area contributed by atoms with Crippen LogP contribution in [0.25, 0.3) is 0 Å². The number of nitrogens with one attached hydrogen (secondary N) is 1. The number of hydrogen-bond donors (Lipinski definition) is 2. The van der Waals surface area contributed by atoms with Crippen LogP contribution in [0.5, 0.6) is 0 Å². The van der Waals surface area contributed by atoms with Gasteiger partial charge in [0, 0.05) is 25.8 Å². The normalized spacial score (nSPS) is 11.4. The number of anilines is 1. The Morgan fingerprint density at radius 3 is 2.57 bits per heavy atom. The van der Waals surface area contributed by atoms with Gasteiger partial charge < -0.3 is 16.0 Å². The van der Waals surface area contributed by atoms with Gasteiger partial charge in [0.2, 0.25) is 5.91 Å². The Morgan fingerprint density at radius 2 is 1.95 bits per heavy atom. The quantitative estimate of drug-likeness (QED) is 0.689. The van der Waals surface area contributed by atoms with Gasteiger partial charge in [0.05, 0.1) is 6.04 Å². The van der Waals surface area contributed by atoms with E-state index in [9.17, 15) is 4.79 Å². The molecule has 0 aliphatic heterocycles. The predicted molar refractivity (Wildman–Crippen MR) is 92.1 cm³/mol. The molecule has 1 atom stereocenters. The van der Waals surface area contributed by atoms with Gasteiger partial charge in [0.15, 0.2) is 0 Å². The van der Waals surface area contributed by atoms with Gasteiger partial charge in [-0.2, -0.15) is 0 Å². The van der Waals surface area contributed by atoms with E-state index in [-0.39, 0.29) is 24.4 Å². The second-order valence-corrected chi connectivity index (χ2v) is 5.15. The van der Waals surface area contributed by atoms with E-state index < -0.39 is 0 Å². The molecule has 0 saturated heterocycles. The van der Waals surface area contributed by atoms with Gasteiger partial charge in [0.25, 0.3) is 0 Å². The third kappa shape index (κ3) is 7.93. The van der Waals surface area contributed by atoms with Crippen LogP contribution in [-0.4, -0.2) is 32.1 Å². The number of amides is 1. The summed E-state index contributed by atoms with van der Waals surface area (Å²) >= 11 is 0. The lowest BCUT2D eigenvalue weighted by molar-refractivity contribution is -0.122. The van der Waals surface area contributed by atoms with E-state index in [1.54, 1.807) is 0 Å². The van der Waals surface area contributed by atoms with Gasteiger partial charge in [-0.05, 0) is 31.4 Å². The zero-order valence-corrected chi connectivity index (χ0v) is 13.9. The highest BCUT2D eigenvalue weighted by Gasteiger charge is 2.10. The fraction of sp³-hybridized carbons (Fsp3) is 0.562. The van der Waals surface area contributed by atoms with Crippen molar-refractivity contribution in [2.24, 2.45) is 5.73 Å². The third-order valence-corrected chi connectivity index (χ3v) is 3.35. The van der Waals surface area contributed by atoms with Crippen molar-refractivity contribution in [3.8, 4) is 0 Å². The number of rotatable bonds is 9. The maximum Gasteiger partial charge on any atom is 0.236 e. The molecule has 21 heavy (non-hydrogen) atoms. The smallest absolute Gasteiger partial charge is 0.236 e. The predicted octanol–water partition coefficient (Wildman–Crippen LogP) is 2.57. The number of benzene rings is 1. The van der Waals surface area contributed by atoms with Crippen LogP contribution in [0.2, 0.25) is 0 Å². The second kappa shape index (κ2) is 11.4. The molecule has 1 amide bonds. The molecule has 4 nitrogen and oxygen atoms in total. The van der Waals surface area contributed by atoms with Crippen molar-refractivity contribution in [3.05, 3.63) is 30.3 Å². The highest BCUT2D eigenvalue weighted by molar-refractivity contribution is 5.85. The topological polar surface area (TPSA) is 58.4 Å². The lowest BCUT2D eigenvalue weighted by atomic mass is 10.1. The summed E-state index contributed by atoms with van der Waals surface area (Å²) < 4.78 is 0. The molecule has 0 aliphatic carbocycles. The maximum atomic E-state index is 11.6. The molecule has 0 bridgehead atoms. The van der Waals surface area contributed by atoms with Crippen LogP contribution in [0.15, 0.2) is 30.3 Å². The van der Waals surface area contributed by atoms with E-state index in [1.165, 1.54) is 5.69 Å². The van der Waals surface area contributed by atoms with Crippen LogP contribution in [0.4, 0.5) is 5.69 Å². The summed E-state index contributed by atoms with van der Waals surface area (Å²) in [6.07, 6.45) is 3.72. The van der Waals surface area contributed by atoms with E-state index in [0.717, 1.165) is 32.2 Å². The van der Waals surface area contributed by atoms with Crippen molar-refractivity contribution in [1.29, 1.82) is 0 Å². The Labute approximate surface area is 134 Å². The molecule has 1 unspecified atom stereocenters. The van der Waals surface area contributed by atoms with Crippen molar-refractivity contribution < 1.29 is 4.79 Å². The Bertz CT molecular complexity index is 386. The first-order valence-corrected chi connectivity index (χ1v) is 7.44. The number of unbranched alkanes of at least 4 members (excludes halogenated alkanes) is 1. The second-order valence-electron chi connectivity index (χ2n) is 5.15. The first-order valence-electron chi connectivity index (χ1n) is 7.44. The van der Waals surface area contributed by atoms with Crippen molar-refractivity contribution in [3.63, 3.8) is 0 Å². The SMILES string of the molecule is CCCC(N)C(=O)NCCCCN(C)c1ccccc1.Cl. The Morgan fingerprint density at radius 1 is 1.29 bits per heavy atom. The van der Waals surface area contributed by atoms with Gasteiger partial charge in [0.1, 0.15) is 0 Å². The number of hydrogen-bond acceptors (Lipinski definition) is 3. The van der Waals surface area contributed by atoms with Gasteiger partial charge in [-0.15, -0.1) is 12.4 Å². The molecular formula is C16H28ClN3O. The van der Waals surface area contributed by atoms with Gasteiger partial charge in [-0.3, -0.25) is 4.79 Å². The van der Waals surface area contributed by atoms with E-state index in [4.69, 9.17) is 5.73 Å². The number of carbonyl (C=O) groups is 1. The highest BCUT2D eigenvalue weighted by Crippen LogP contribution is 2.11. The van der Waals surface area contributed by atoms with Gasteiger partial charge in [-0.1, -0.05) is 31.5 Å². The molecule has 0 fully saturated rings. The van der Waals surface area contributed by atoms with Crippen molar-refractivity contribution >= 4 is 24.0 Å². The molecule has 5 heteroatoms. The van der Waals surface area contributed by atoms with Crippen molar-refractivity contribution in [1.82, 2.24) is 5.32 Å². The minimum absolute atomic E-state index is 0. The summed E-state index contributed by atoms with van der Waals surface area (Å²) in [7, 11) is 2.09. The summed E-state index contributed by atoms with van der Waals surface area (Å²) in [5.41, 5.74) is 6.97. The average molecular weight is 314 g/mol. The molecule has 0 heterocycles. The molecule has 0 spiro atoms. The summed E-state index contributed by atoms with van der Waals surface area (Å²) in [5, 5.41) is 2.90. The Balaban J connectivity index is 0.00000400. The molecule has 1 aromatic carbocycles. The Hall–Kier alpha value is -1.26. The zero-order chi connectivity index (χ0) is 14.8. The molecule has 1 aromatic rings. The van der Waals surface area contributed by atoms with E-state index in [0.29, 0.717) is 6.54 Å².